The van der Waals surface area contributed by atoms with Crippen LogP contribution in [0.1, 0.15) is 18.2 Å². The monoisotopic (exact) mass is 456 g/mol. The number of sulfonamides is 1. The number of aliphatic carboxylic acids is 1. The Balaban J connectivity index is 1.59. The summed E-state index contributed by atoms with van der Waals surface area (Å²) in [6, 6.07) is 17.0. The highest BCUT2D eigenvalue weighted by Gasteiger charge is 2.43. The van der Waals surface area contributed by atoms with Crippen molar-refractivity contribution in [2.45, 2.75) is 30.8 Å². The standard InChI is InChI=1S/C23H24N2O4S2/c1-4-19(23(26)27)25-14-21-22(31(25,28)29)13-20(30-21)17-7-5-15(6-8-17)16-9-11-18(12-10-16)24(2)3/h5-13,19H,4,14H2,1-3H3,(H,26,27). The highest BCUT2D eigenvalue weighted by atomic mass is 32.2. The van der Waals surface area contributed by atoms with Crippen molar-refractivity contribution < 1.29 is 18.3 Å². The van der Waals surface area contributed by atoms with E-state index in [1.54, 1.807) is 13.0 Å². The molecule has 1 aliphatic heterocycles. The molecule has 6 nitrogen and oxygen atoms in total. The average molecular weight is 457 g/mol. The number of nitrogens with zero attached hydrogens (tertiary/aromatic N) is 2. The molecule has 0 saturated heterocycles. The van der Waals surface area contributed by atoms with E-state index in [0.717, 1.165) is 31.6 Å². The van der Waals surface area contributed by atoms with Crippen LogP contribution in [0.2, 0.25) is 0 Å². The van der Waals surface area contributed by atoms with Gasteiger partial charge in [-0.2, -0.15) is 4.31 Å². The molecule has 3 aromatic rings. The third kappa shape index (κ3) is 3.86. The van der Waals surface area contributed by atoms with Crippen molar-refractivity contribution in [1.29, 1.82) is 0 Å². The van der Waals surface area contributed by atoms with Crippen LogP contribution in [0.15, 0.2) is 59.5 Å². The third-order valence-corrected chi connectivity index (χ3v) is 8.78. The van der Waals surface area contributed by atoms with Gasteiger partial charge in [0.15, 0.2) is 0 Å². The van der Waals surface area contributed by atoms with Gasteiger partial charge in [-0.05, 0) is 41.3 Å². The second-order valence-corrected chi connectivity index (χ2v) is 10.7. The van der Waals surface area contributed by atoms with Gasteiger partial charge in [0.1, 0.15) is 6.04 Å². The van der Waals surface area contributed by atoms with E-state index < -0.39 is 22.0 Å². The predicted octanol–water partition coefficient (Wildman–Crippen LogP) is 4.52. The van der Waals surface area contributed by atoms with Gasteiger partial charge in [-0.1, -0.05) is 43.3 Å². The molecule has 1 unspecified atom stereocenters. The molecule has 0 fully saturated rings. The first-order valence-electron chi connectivity index (χ1n) is 9.98. The van der Waals surface area contributed by atoms with Crippen molar-refractivity contribution >= 4 is 33.0 Å². The summed E-state index contributed by atoms with van der Waals surface area (Å²) >= 11 is 1.41. The normalized spacial score (nSPS) is 16.1. The lowest BCUT2D eigenvalue weighted by atomic mass is 10.0. The van der Waals surface area contributed by atoms with Crippen LogP contribution in [0.3, 0.4) is 0 Å². The highest BCUT2D eigenvalue weighted by Crippen LogP contribution is 2.42. The molecule has 1 aromatic heterocycles. The number of carbonyl (C=O) groups is 1. The lowest BCUT2D eigenvalue weighted by Crippen LogP contribution is -2.40. The third-order valence-electron chi connectivity index (χ3n) is 5.56. The van der Waals surface area contributed by atoms with Gasteiger partial charge in [0.2, 0.25) is 10.0 Å². The minimum absolute atomic E-state index is 0.115. The Morgan fingerprint density at radius 2 is 1.61 bits per heavy atom. The van der Waals surface area contributed by atoms with Crippen molar-refractivity contribution in [3.63, 3.8) is 0 Å². The molecule has 8 heteroatoms. The predicted molar refractivity (Wildman–Crippen MR) is 124 cm³/mol. The van der Waals surface area contributed by atoms with Crippen LogP contribution in [0.5, 0.6) is 0 Å². The van der Waals surface area contributed by atoms with E-state index in [2.05, 4.69) is 29.2 Å². The van der Waals surface area contributed by atoms with Crippen molar-refractivity contribution in [3.05, 3.63) is 59.5 Å². The number of anilines is 1. The molecule has 162 valence electrons. The zero-order valence-corrected chi connectivity index (χ0v) is 19.2. The van der Waals surface area contributed by atoms with Crippen molar-refractivity contribution in [1.82, 2.24) is 4.31 Å². The molecule has 2 aromatic carbocycles. The Bertz CT molecular complexity index is 1210. The van der Waals surface area contributed by atoms with Crippen LogP contribution >= 0.6 is 11.3 Å². The Morgan fingerprint density at radius 3 is 2.10 bits per heavy atom. The zero-order valence-electron chi connectivity index (χ0n) is 17.6. The molecule has 1 atom stereocenters. The summed E-state index contributed by atoms with van der Waals surface area (Å²) in [6.07, 6.45) is 0.230. The largest absolute Gasteiger partial charge is 0.480 e. The molecule has 0 bridgehead atoms. The molecule has 0 spiro atoms. The minimum Gasteiger partial charge on any atom is -0.480 e. The number of fused-ring (bicyclic) bond motifs is 1. The second-order valence-electron chi connectivity index (χ2n) is 7.73. The topological polar surface area (TPSA) is 77.9 Å². The summed E-state index contributed by atoms with van der Waals surface area (Å²) in [5, 5.41) is 9.37. The summed E-state index contributed by atoms with van der Waals surface area (Å²) in [4.78, 5) is 15.3. The van der Waals surface area contributed by atoms with Gasteiger partial charge in [0, 0.05) is 29.5 Å². The molecule has 31 heavy (non-hydrogen) atoms. The van der Waals surface area contributed by atoms with Crippen LogP contribution in [-0.4, -0.2) is 43.9 Å². The van der Waals surface area contributed by atoms with Gasteiger partial charge in [-0.15, -0.1) is 11.3 Å². The number of hydrogen-bond donors (Lipinski definition) is 1. The van der Waals surface area contributed by atoms with E-state index in [1.165, 1.54) is 11.3 Å². The molecule has 0 aliphatic carbocycles. The van der Waals surface area contributed by atoms with Gasteiger partial charge in [0.25, 0.3) is 0 Å². The van der Waals surface area contributed by atoms with Crippen molar-refractivity contribution in [2.75, 3.05) is 19.0 Å². The fourth-order valence-electron chi connectivity index (χ4n) is 3.79. The van der Waals surface area contributed by atoms with E-state index in [9.17, 15) is 18.3 Å². The van der Waals surface area contributed by atoms with Crippen LogP contribution in [0.25, 0.3) is 21.6 Å². The van der Waals surface area contributed by atoms with E-state index in [-0.39, 0.29) is 17.9 Å². The summed E-state index contributed by atoms with van der Waals surface area (Å²) in [7, 11) is 0.218. The number of hydrogen-bond acceptors (Lipinski definition) is 5. The Labute approximate surface area is 186 Å². The summed E-state index contributed by atoms with van der Waals surface area (Å²) in [5.74, 6) is -1.12. The smallest absolute Gasteiger partial charge is 0.322 e. The number of benzene rings is 2. The van der Waals surface area contributed by atoms with Crippen LogP contribution in [-0.2, 0) is 21.4 Å². The lowest BCUT2D eigenvalue weighted by Gasteiger charge is -2.21. The SMILES string of the molecule is CCC(C(=O)O)N1Cc2sc(-c3ccc(-c4ccc(N(C)C)cc4)cc3)cc2S1(=O)=O. The average Bonchev–Trinajstić information content (AvgIpc) is 3.27. The van der Waals surface area contributed by atoms with E-state index in [1.807, 2.05) is 38.4 Å². The minimum atomic E-state index is -3.79. The number of rotatable bonds is 6. The van der Waals surface area contributed by atoms with Crippen LogP contribution in [0.4, 0.5) is 5.69 Å². The number of thiophene rings is 1. The quantitative estimate of drug-likeness (QED) is 0.590. The van der Waals surface area contributed by atoms with Crippen LogP contribution < -0.4 is 4.90 Å². The molecule has 0 radical (unpaired) electrons. The maximum Gasteiger partial charge on any atom is 0.322 e. The Morgan fingerprint density at radius 1 is 1.06 bits per heavy atom. The molecule has 2 heterocycles. The van der Waals surface area contributed by atoms with E-state index in [4.69, 9.17) is 0 Å². The maximum absolute atomic E-state index is 12.9. The summed E-state index contributed by atoms with van der Waals surface area (Å²) < 4.78 is 26.9. The maximum atomic E-state index is 12.9. The summed E-state index contributed by atoms with van der Waals surface area (Å²) in [6.45, 7) is 1.80. The number of carboxylic acid groups (broad SMARTS) is 1. The fraction of sp³-hybridized carbons (Fsp3) is 0.261. The molecule has 1 aliphatic rings. The first-order valence-corrected chi connectivity index (χ1v) is 12.2. The van der Waals surface area contributed by atoms with Crippen molar-refractivity contribution in [2.24, 2.45) is 0 Å². The van der Waals surface area contributed by atoms with Gasteiger partial charge < -0.3 is 10.0 Å². The number of carboxylic acids is 1. The molecule has 0 amide bonds. The molecular formula is C23H24N2O4S2. The van der Waals surface area contributed by atoms with E-state index >= 15 is 0 Å². The Kier molecular flexibility index (Phi) is 5.63. The van der Waals surface area contributed by atoms with Gasteiger partial charge in [-0.3, -0.25) is 4.79 Å². The molecule has 1 N–H and O–H groups in total. The fourth-order valence-corrected chi connectivity index (χ4v) is 7.20. The van der Waals surface area contributed by atoms with Gasteiger partial charge in [-0.25, -0.2) is 8.42 Å². The summed E-state index contributed by atoms with van der Waals surface area (Å²) in [5.41, 5.74) is 4.28. The van der Waals surface area contributed by atoms with E-state index in [0.29, 0.717) is 4.88 Å². The second kappa shape index (κ2) is 8.11. The molecule has 0 saturated carbocycles. The highest BCUT2D eigenvalue weighted by molar-refractivity contribution is 7.89. The van der Waals surface area contributed by atoms with Crippen LogP contribution in [0, 0.1) is 0 Å². The van der Waals surface area contributed by atoms with Crippen molar-refractivity contribution in [3.8, 4) is 21.6 Å². The van der Waals surface area contributed by atoms with Gasteiger partial charge in [0.05, 0.1) is 11.4 Å². The molecular weight excluding hydrogens is 432 g/mol. The zero-order chi connectivity index (χ0) is 22.3. The first kappa shape index (κ1) is 21.5. The first-order chi connectivity index (χ1) is 14.7. The van der Waals surface area contributed by atoms with Gasteiger partial charge >= 0.3 is 5.97 Å². The lowest BCUT2D eigenvalue weighted by molar-refractivity contribution is -0.141. The Hall–Kier alpha value is -2.68. The molecule has 4 rings (SSSR count).